The smallest absolute Gasteiger partial charge is 0.287 e. The molecule has 1 aromatic carbocycles. The summed E-state index contributed by atoms with van der Waals surface area (Å²) >= 11 is 0. The molecule has 2 N–H and O–H groups in total. The van der Waals surface area contributed by atoms with Gasteiger partial charge in [-0.1, -0.05) is 12.1 Å². The van der Waals surface area contributed by atoms with Crippen molar-refractivity contribution in [1.82, 2.24) is 14.9 Å². The topological polar surface area (TPSA) is 67.2 Å². The summed E-state index contributed by atoms with van der Waals surface area (Å²) in [7, 11) is 0. The highest BCUT2D eigenvalue weighted by Gasteiger charge is 2.27. The van der Waals surface area contributed by atoms with Crippen molar-refractivity contribution in [2.45, 2.75) is 18.9 Å². The zero-order valence-corrected chi connectivity index (χ0v) is 10.7. The van der Waals surface area contributed by atoms with E-state index in [1.54, 1.807) is 10.9 Å². The molecule has 0 saturated carbocycles. The molecule has 20 heavy (non-hydrogen) atoms. The van der Waals surface area contributed by atoms with E-state index in [4.69, 9.17) is 5.11 Å². The summed E-state index contributed by atoms with van der Waals surface area (Å²) in [5.41, 5.74) is 1.71. The van der Waals surface area contributed by atoms with Crippen molar-refractivity contribution in [3.8, 4) is 0 Å². The maximum atomic E-state index is 12.8. The number of benzene rings is 1. The van der Waals surface area contributed by atoms with E-state index < -0.39 is 25.0 Å². The number of fused-ring (bicyclic) bond motifs is 1. The first-order valence-corrected chi connectivity index (χ1v) is 6.17. The van der Waals surface area contributed by atoms with Crippen LogP contribution >= 0.6 is 0 Å². The van der Waals surface area contributed by atoms with Crippen LogP contribution in [0, 0.1) is 0 Å². The normalized spacial score (nSPS) is 11.8. The number of aliphatic hydroxyl groups excluding tert-OH is 1. The van der Waals surface area contributed by atoms with Crippen LogP contribution in [0.4, 0.5) is 8.78 Å². The average Bonchev–Trinajstić information content (AvgIpc) is 2.86. The van der Waals surface area contributed by atoms with Crippen molar-refractivity contribution < 1.29 is 18.7 Å². The summed E-state index contributed by atoms with van der Waals surface area (Å²) in [6.07, 6.45) is 1.68. The predicted octanol–water partition coefficient (Wildman–Crippen LogP) is 1.17. The fraction of sp³-hybridized carbons (Fsp3) is 0.385. The number of carbonyl (C=O) groups excluding carboxylic acids is 1. The number of alkyl halides is 2. The quantitative estimate of drug-likeness (QED) is 0.836. The Morgan fingerprint density at radius 1 is 1.40 bits per heavy atom. The van der Waals surface area contributed by atoms with E-state index in [-0.39, 0.29) is 6.42 Å². The fourth-order valence-corrected chi connectivity index (χ4v) is 1.78. The molecule has 0 radical (unpaired) electrons. The molecule has 0 unspecified atom stereocenters. The minimum Gasteiger partial charge on any atom is -0.390 e. The third-order valence-corrected chi connectivity index (χ3v) is 2.88. The number of imidazole rings is 1. The second kappa shape index (κ2) is 5.96. The van der Waals surface area contributed by atoms with Crippen molar-refractivity contribution in [1.29, 1.82) is 0 Å². The van der Waals surface area contributed by atoms with Crippen LogP contribution in [0.3, 0.4) is 0 Å². The molecule has 5 nitrogen and oxygen atoms in total. The van der Waals surface area contributed by atoms with Crippen molar-refractivity contribution in [3.63, 3.8) is 0 Å². The standard InChI is InChI=1S/C13H15F2N3O2/c14-13(15,8-19)7-16-12(20)5-6-18-9-17-10-3-1-2-4-11(10)18/h1-4,9,19H,5-8H2,(H,16,20). The van der Waals surface area contributed by atoms with E-state index in [0.29, 0.717) is 6.54 Å². The second-order valence-corrected chi connectivity index (χ2v) is 4.47. The first-order chi connectivity index (χ1) is 9.52. The predicted molar refractivity (Wildman–Crippen MR) is 69.4 cm³/mol. The first-order valence-electron chi connectivity index (χ1n) is 6.17. The molecule has 0 aliphatic rings. The first kappa shape index (κ1) is 14.4. The SMILES string of the molecule is O=C(CCn1cnc2ccccc21)NCC(F)(F)CO. The molecule has 2 aromatic rings. The van der Waals surface area contributed by atoms with E-state index in [2.05, 4.69) is 10.3 Å². The molecule has 0 bridgehead atoms. The number of aliphatic hydroxyl groups is 1. The Bertz CT molecular complexity index is 598. The van der Waals surface area contributed by atoms with Gasteiger partial charge in [-0.05, 0) is 12.1 Å². The lowest BCUT2D eigenvalue weighted by Gasteiger charge is -2.14. The molecule has 0 saturated heterocycles. The Morgan fingerprint density at radius 3 is 2.90 bits per heavy atom. The van der Waals surface area contributed by atoms with Gasteiger partial charge in [-0.15, -0.1) is 0 Å². The van der Waals surface area contributed by atoms with Gasteiger partial charge in [0.2, 0.25) is 5.91 Å². The molecular weight excluding hydrogens is 268 g/mol. The number of para-hydroxylation sites is 2. The lowest BCUT2D eigenvalue weighted by molar-refractivity contribution is -0.124. The lowest BCUT2D eigenvalue weighted by Crippen LogP contribution is -2.39. The third kappa shape index (κ3) is 3.51. The second-order valence-electron chi connectivity index (χ2n) is 4.47. The maximum Gasteiger partial charge on any atom is 0.287 e. The number of hydrogen-bond acceptors (Lipinski definition) is 3. The number of nitrogens with zero attached hydrogens (tertiary/aromatic N) is 2. The summed E-state index contributed by atoms with van der Waals surface area (Å²) < 4.78 is 27.3. The highest BCUT2D eigenvalue weighted by atomic mass is 19.3. The van der Waals surface area contributed by atoms with Gasteiger partial charge in [0.05, 0.1) is 23.9 Å². The number of halogens is 2. The number of carbonyl (C=O) groups is 1. The molecule has 0 spiro atoms. The Hall–Kier alpha value is -2.02. The number of hydrogen-bond donors (Lipinski definition) is 2. The summed E-state index contributed by atoms with van der Waals surface area (Å²) in [6.45, 7) is -1.77. The van der Waals surface area contributed by atoms with E-state index in [9.17, 15) is 13.6 Å². The molecule has 0 fully saturated rings. The molecule has 1 aromatic heterocycles. The molecule has 0 aliphatic carbocycles. The Morgan fingerprint density at radius 2 is 2.15 bits per heavy atom. The average molecular weight is 283 g/mol. The van der Waals surface area contributed by atoms with Crippen LogP contribution in [0.5, 0.6) is 0 Å². The van der Waals surface area contributed by atoms with E-state index in [0.717, 1.165) is 11.0 Å². The summed E-state index contributed by atoms with van der Waals surface area (Å²) in [5, 5.41) is 10.5. The highest BCUT2D eigenvalue weighted by Crippen LogP contribution is 2.12. The zero-order valence-electron chi connectivity index (χ0n) is 10.7. The number of amides is 1. The molecule has 1 amide bonds. The molecule has 2 rings (SSSR count). The van der Waals surface area contributed by atoms with Crippen LogP contribution in [-0.2, 0) is 11.3 Å². The van der Waals surface area contributed by atoms with Gasteiger partial charge in [-0.25, -0.2) is 13.8 Å². The monoisotopic (exact) mass is 283 g/mol. The van der Waals surface area contributed by atoms with Gasteiger partial charge in [-0.2, -0.15) is 0 Å². The van der Waals surface area contributed by atoms with Crippen LogP contribution in [-0.4, -0.2) is 39.6 Å². The molecule has 7 heteroatoms. The van der Waals surface area contributed by atoms with E-state index in [1.165, 1.54) is 0 Å². The molecule has 0 atom stereocenters. The van der Waals surface area contributed by atoms with Crippen molar-refractivity contribution >= 4 is 16.9 Å². The fourth-order valence-electron chi connectivity index (χ4n) is 1.78. The largest absolute Gasteiger partial charge is 0.390 e. The number of rotatable bonds is 6. The van der Waals surface area contributed by atoms with Crippen LogP contribution in [0.2, 0.25) is 0 Å². The van der Waals surface area contributed by atoms with E-state index in [1.807, 2.05) is 24.3 Å². The van der Waals surface area contributed by atoms with Gasteiger partial charge in [0.1, 0.15) is 6.61 Å². The zero-order chi connectivity index (χ0) is 14.6. The van der Waals surface area contributed by atoms with Crippen LogP contribution in [0.15, 0.2) is 30.6 Å². The number of nitrogens with one attached hydrogen (secondary N) is 1. The van der Waals surface area contributed by atoms with Crippen molar-refractivity contribution in [2.75, 3.05) is 13.2 Å². The van der Waals surface area contributed by atoms with Crippen molar-refractivity contribution in [2.24, 2.45) is 0 Å². The Kier molecular flexibility index (Phi) is 4.29. The summed E-state index contributed by atoms with van der Waals surface area (Å²) in [5.74, 6) is -3.77. The molecule has 0 aliphatic heterocycles. The van der Waals surface area contributed by atoms with E-state index >= 15 is 0 Å². The minimum atomic E-state index is -3.28. The summed E-state index contributed by atoms with van der Waals surface area (Å²) in [6, 6.07) is 7.46. The van der Waals surface area contributed by atoms with Crippen LogP contribution < -0.4 is 5.32 Å². The molecule has 1 heterocycles. The van der Waals surface area contributed by atoms with Gasteiger partial charge in [0.15, 0.2) is 0 Å². The van der Waals surface area contributed by atoms with Crippen LogP contribution in [0.25, 0.3) is 11.0 Å². The molecule has 108 valence electrons. The highest BCUT2D eigenvalue weighted by molar-refractivity contribution is 5.77. The Balaban J connectivity index is 1.87. The van der Waals surface area contributed by atoms with Gasteiger partial charge < -0.3 is 15.0 Å². The minimum absolute atomic E-state index is 0.0713. The third-order valence-electron chi connectivity index (χ3n) is 2.88. The van der Waals surface area contributed by atoms with Gasteiger partial charge in [0.25, 0.3) is 5.92 Å². The van der Waals surface area contributed by atoms with Crippen molar-refractivity contribution in [3.05, 3.63) is 30.6 Å². The Labute approximate surface area is 114 Å². The van der Waals surface area contributed by atoms with Gasteiger partial charge >= 0.3 is 0 Å². The number of aryl methyl sites for hydroxylation is 1. The number of aromatic nitrogens is 2. The summed E-state index contributed by atoms with van der Waals surface area (Å²) in [4.78, 5) is 15.7. The maximum absolute atomic E-state index is 12.8. The lowest BCUT2D eigenvalue weighted by atomic mass is 10.3. The van der Waals surface area contributed by atoms with Gasteiger partial charge in [0, 0.05) is 13.0 Å². The van der Waals surface area contributed by atoms with Gasteiger partial charge in [-0.3, -0.25) is 4.79 Å². The van der Waals surface area contributed by atoms with Crippen LogP contribution in [0.1, 0.15) is 6.42 Å². The molecular formula is C13H15F2N3O2.